The van der Waals surface area contributed by atoms with Crippen LogP contribution in [0.4, 0.5) is 5.82 Å². The summed E-state index contributed by atoms with van der Waals surface area (Å²) in [5.41, 5.74) is 0. The van der Waals surface area contributed by atoms with Crippen LogP contribution in [0.2, 0.25) is 10.4 Å². The molecule has 5 nitrogen and oxygen atoms in total. The van der Waals surface area contributed by atoms with Crippen molar-refractivity contribution in [2.45, 2.75) is 25.8 Å². The molecule has 2 heterocycles. The van der Waals surface area contributed by atoms with Crippen LogP contribution >= 0.6 is 23.2 Å². The smallest absolute Gasteiger partial charge is 0.228 e. The van der Waals surface area contributed by atoms with E-state index >= 15 is 0 Å². The van der Waals surface area contributed by atoms with Crippen LogP contribution < -0.4 is 10.6 Å². The maximum Gasteiger partial charge on any atom is 0.228 e. The van der Waals surface area contributed by atoms with Crippen LogP contribution in [-0.2, 0) is 4.79 Å². The van der Waals surface area contributed by atoms with Gasteiger partial charge in [0.05, 0.1) is 0 Å². The molecule has 2 rings (SSSR count). The van der Waals surface area contributed by atoms with E-state index in [0.29, 0.717) is 11.9 Å². The van der Waals surface area contributed by atoms with E-state index in [1.807, 2.05) is 0 Å². The van der Waals surface area contributed by atoms with Gasteiger partial charge in [-0.05, 0) is 37.9 Å². The van der Waals surface area contributed by atoms with Gasteiger partial charge >= 0.3 is 0 Å². The largest absolute Gasteiger partial charge is 0.314 e. The summed E-state index contributed by atoms with van der Waals surface area (Å²) in [5.74, 6) is 0.291. The molecule has 0 aliphatic carbocycles. The number of piperidine rings is 1. The van der Waals surface area contributed by atoms with Gasteiger partial charge in [0.25, 0.3) is 0 Å². The van der Waals surface area contributed by atoms with Crippen LogP contribution in [0.25, 0.3) is 0 Å². The molecular weight excluding hydrogens is 275 g/mol. The molecule has 0 radical (unpaired) electrons. The average molecular weight is 289 g/mol. The Kier molecular flexibility index (Phi) is 4.37. The Morgan fingerprint density at radius 1 is 1.50 bits per heavy atom. The maximum absolute atomic E-state index is 12.1. The molecule has 1 amide bonds. The number of hydrogen-bond acceptors (Lipinski definition) is 4. The molecule has 1 saturated heterocycles. The van der Waals surface area contributed by atoms with E-state index in [-0.39, 0.29) is 22.3 Å². The van der Waals surface area contributed by atoms with Gasteiger partial charge in [0.15, 0.2) is 0 Å². The average Bonchev–Trinajstić information content (AvgIpc) is 2.27. The summed E-state index contributed by atoms with van der Waals surface area (Å²) in [5, 5.41) is 6.26. The van der Waals surface area contributed by atoms with E-state index in [2.05, 4.69) is 27.5 Å². The summed E-state index contributed by atoms with van der Waals surface area (Å²) in [6.45, 7) is 2.92. The molecule has 1 fully saturated rings. The van der Waals surface area contributed by atoms with Gasteiger partial charge in [0, 0.05) is 18.0 Å². The molecule has 0 aromatic carbocycles. The molecular formula is C11H14Cl2N4O. The Morgan fingerprint density at radius 3 is 2.94 bits per heavy atom. The Labute approximate surface area is 115 Å². The van der Waals surface area contributed by atoms with Crippen molar-refractivity contribution in [3.8, 4) is 0 Å². The van der Waals surface area contributed by atoms with Gasteiger partial charge in [-0.15, -0.1) is 0 Å². The predicted molar refractivity (Wildman–Crippen MR) is 70.9 cm³/mol. The minimum Gasteiger partial charge on any atom is -0.314 e. The first-order valence-electron chi connectivity index (χ1n) is 5.79. The Morgan fingerprint density at radius 2 is 2.28 bits per heavy atom. The van der Waals surface area contributed by atoms with Crippen LogP contribution in [0.1, 0.15) is 19.8 Å². The van der Waals surface area contributed by atoms with Crippen molar-refractivity contribution < 1.29 is 4.79 Å². The van der Waals surface area contributed by atoms with Crippen molar-refractivity contribution in [2.75, 3.05) is 11.9 Å². The first-order valence-corrected chi connectivity index (χ1v) is 6.54. The highest BCUT2D eigenvalue weighted by Crippen LogP contribution is 2.19. The first-order chi connectivity index (χ1) is 8.54. The number of amides is 1. The zero-order valence-corrected chi connectivity index (χ0v) is 11.4. The standard InChI is InChI=1S/C11H14Cl2N4O/c1-6-4-7(2-3-14-6)10(18)16-9-5-8(12)15-11(13)17-9/h5-7,14H,2-4H2,1H3,(H,15,16,17,18). The van der Waals surface area contributed by atoms with Crippen LogP contribution in [0.3, 0.4) is 0 Å². The second kappa shape index (κ2) is 5.82. The summed E-state index contributed by atoms with van der Waals surface area (Å²) >= 11 is 11.4. The molecule has 2 N–H and O–H groups in total. The minimum absolute atomic E-state index is 0.00577. The third kappa shape index (κ3) is 3.54. The zero-order valence-electron chi connectivity index (χ0n) is 9.91. The lowest BCUT2D eigenvalue weighted by Gasteiger charge is -2.26. The van der Waals surface area contributed by atoms with Gasteiger partial charge < -0.3 is 10.6 Å². The molecule has 2 unspecified atom stereocenters. The monoisotopic (exact) mass is 288 g/mol. The normalized spacial score (nSPS) is 23.7. The van der Waals surface area contributed by atoms with Crippen molar-refractivity contribution in [3.63, 3.8) is 0 Å². The van der Waals surface area contributed by atoms with Crippen molar-refractivity contribution in [3.05, 3.63) is 16.5 Å². The molecule has 0 saturated carbocycles. The highest BCUT2D eigenvalue weighted by Gasteiger charge is 2.25. The molecule has 98 valence electrons. The highest BCUT2D eigenvalue weighted by atomic mass is 35.5. The maximum atomic E-state index is 12.1. The lowest BCUT2D eigenvalue weighted by atomic mass is 9.92. The molecule has 18 heavy (non-hydrogen) atoms. The molecule has 1 aliphatic heterocycles. The fraction of sp³-hybridized carbons (Fsp3) is 0.545. The van der Waals surface area contributed by atoms with Gasteiger partial charge in [0.2, 0.25) is 11.2 Å². The second-order valence-electron chi connectivity index (χ2n) is 4.41. The summed E-state index contributed by atoms with van der Waals surface area (Å²) < 4.78 is 0. The number of hydrogen-bond donors (Lipinski definition) is 2. The number of halogens is 2. The molecule has 0 spiro atoms. The lowest BCUT2D eigenvalue weighted by Crippen LogP contribution is -2.40. The number of carbonyl (C=O) groups is 1. The highest BCUT2D eigenvalue weighted by molar-refractivity contribution is 6.32. The van der Waals surface area contributed by atoms with Crippen molar-refractivity contribution in [1.82, 2.24) is 15.3 Å². The Balaban J connectivity index is 2.02. The van der Waals surface area contributed by atoms with Gasteiger partial charge in [-0.1, -0.05) is 11.6 Å². The summed E-state index contributed by atoms with van der Waals surface area (Å²) in [6.07, 6.45) is 1.64. The summed E-state index contributed by atoms with van der Waals surface area (Å²) in [7, 11) is 0. The topological polar surface area (TPSA) is 66.9 Å². The van der Waals surface area contributed by atoms with E-state index in [4.69, 9.17) is 23.2 Å². The van der Waals surface area contributed by atoms with Crippen molar-refractivity contribution in [1.29, 1.82) is 0 Å². The Hall–Kier alpha value is -0.910. The van der Waals surface area contributed by atoms with Gasteiger partial charge in [-0.2, -0.15) is 0 Å². The fourth-order valence-electron chi connectivity index (χ4n) is 2.05. The van der Waals surface area contributed by atoms with Crippen LogP contribution in [0, 0.1) is 5.92 Å². The zero-order chi connectivity index (χ0) is 13.1. The number of aromatic nitrogens is 2. The van der Waals surface area contributed by atoms with E-state index in [9.17, 15) is 4.79 Å². The lowest BCUT2D eigenvalue weighted by molar-refractivity contribution is -0.120. The molecule has 1 aromatic rings. The number of rotatable bonds is 2. The Bertz CT molecular complexity index is 434. The molecule has 0 bridgehead atoms. The van der Waals surface area contributed by atoms with Gasteiger partial charge in [-0.3, -0.25) is 4.79 Å². The van der Waals surface area contributed by atoms with Gasteiger partial charge in [-0.25, -0.2) is 9.97 Å². The van der Waals surface area contributed by atoms with E-state index in [1.54, 1.807) is 0 Å². The minimum atomic E-state index is -0.0471. The quantitative estimate of drug-likeness (QED) is 0.646. The SMILES string of the molecule is CC1CC(C(=O)Nc2cc(Cl)nc(Cl)n2)CCN1. The fourth-order valence-corrected chi connectivity index (χ4v) is 2.46. The third-order valence-corrected chi connectivity index (χ3v) is 3.28. The molecule has 7 heteroatoms. The van der Waals surface area contributed by atoms with Crippen molar-refractivity contribution in [2.24, 2.45) is 5.92 Å². The number of nitrogens with one attached hydrogen (secondary N) is 2. The van der Waals surface area contributed by atoms with E-state index in [1.165, 1.54) is 6.07 Å². The van der Waals surface area contributed by atoms with E-state index in [0.717, 1.165) is 19.4 Å². The number of carbonyl (C=O) groups excluding carboxylic acids is 1. The number of anilines is 1. The van der Waals surface area contributed by atoms with Crippen LogP contribution in [-0.4, -0.2) is 28.5 Å². The third-order valence-electron chi connectivity index (χ3n) is 2.91. The molecule has 1 aromatic heterocycles. The summed E-state index contributed by atoms with van der Waals surface area (Å²) in [4.78, 5) is 19.7. The van der Waals surface area contributed by atoms with Crippen LogP contribution in [0.15, 0.2) is 6.07 Å². The molecule has 1 aliphatic rings. The number of nitrogens with zero attached hydrogens (tertiary/aromatic N) is 2. The van der Waals surface area contributed by atoms with Gasteiger partial charge in [0.1, 0.15) is 11.0 Å². The predicted octanol–water partition coefficient (Wildman–Crippen LogP) is 2.11. The first kappa shape index (κ1) is 13.5. The van der Waals surface area contributed by atoms with Crippen LogP contribution in [0.5, 0.6) is 0 Å². The van der Waals surface area contributed by atoms with Crippen molar-refractivity contribution >= 4 is 34.9 Å². The molecule has 2 atom stereocenters. The van der Waals surface area contributed by atoms with E-state index < -0.39 is 0 Å². The summed E-state index contributed by atoms with van der Waals surface area (Å²) in [6, 6.07) is 1.84. The second-order valence-corrected chi connectivity index (χ2v) is 5.14.